The second kappa shape index (κ2) is 5.78. The molecule has 0 atom stereocenters. The van der Waals surface area contributed by atoms with Gasteiger partial charge in [0.15, 0.2) is 0 Å². The number of hydrogen-bond donors (Lipinski definition) is 0. The van der Waals surface area contributed by atoms with Crippen LogP contribution < -0.4 is 0 Å². The molecule has 108 valence electrons. The largest absolute Gasteiger partial charge is 0.0804 e. The third-order valence-electron chi connectivity index (χ3n) is 5.15. The minimum atomic E-state index is 0. The topological polar surface area (TPSA) is 0 Å². The molecule has 2 aromatic carbocycles. The van der Waals surface area contributed by atoms with Gasteiger partial charge in [-0.2, -0.15) is 0 Å². The van der Waals surface area contributed by atoms with E-state index in [9.17, 15) is 0 Å². The summed E-state index contributed by atoms with van der Waals surface area (Å²) in [5, 5.41) is 0. The molecule has 22 heavy (non-hydrogen) atoms. The minimum Gasteiger partial charge on any atom is -0.0804 e. The molecule has 2 aliphatic rings. The molecule has 0 aliphatic heterocycles. The van der Waals surface area contributed by atoms with Crippen molar-refractivity contribution in [3.63, 3.8) is 0 Å². The molecule has 0 nitrogen and oxygen atoms in total. The third kappa shape index (κ3) is 2.22. The predicted octanol–water partition coefficient (Wildman–Crippen LogP) is 5.71. The van der Waals surface area contributed by atoms with E-state index in [2.05, 4.69) is 80.6 Å². The summed E-state index contributed by atoms with van der Waals surface area (Å²) in [5.41, 5.74) is 7.48. The van der Waals surface area contributed by atoms with E-state index in [1.54, 1.807) is 5.57 Å². The fourth-order valence-electron chi connectivity index (χ4n) is 4.04. The molecule has 2 aromatic rings. The van der Waals surface area contributed by atoms with Crippen LogP contribution in [0.25, 0.3) is 11.1 Å². The molecule has 0 fully saturated rings. The van der Waals surface area contributed by atoms with Gasteiger partial charge in [0.1, 0.15) is 0 Å². The second-order valence-corrected chi connectivity index (χ2v) is 6.65. The van der Waals surface area contributed by atoms with Crippen LogP contribution in [0.3, 0.4) is 0 Å². The van der Waals surface area contributed by atoms with Gasteiger partial charge in [0.2, 0.25) is 0 Å². The molecule has 4 rings (SSSR count). The first-order valence-electron chi connectivity index (χ1n) is 7.74. The quantitative estimate of drug-likeness (QED) is 0.641. The van der Waals surface area contributed by atoms with Gasteiger partial charge in [0.25, 0.3) is 0 Å². The molecule has 0 spiro atoms. The van der Waals surface area contributed by atoms with Gasteiger partial charge in [0, 0.05) is 32.1 Å². The molecule has 0 aromatic heterocycles. The zero-order chi connectivity index (χ0) is 14.4. The van der Waals surface area contributed by atoms with Gasteiger partial charge in [-0.15, -0.1) is 0 Å². The van der Waals surface area contributed by atoms with Gasteiger partial charge in [0.05, 0.1) is 0 Å². The van der Waals surface area contributed by atoms with Crippen LogP contribution >= 0.6 is 0 Å². The first kappa shape index (κ1) is 15.7. The fourth-order valence-corrected chi connectivity index (χ4v) is 4.04. The molecule has 0 bridgehead atoms. The van der Waals surface area contributed by atoms with E-state index in [-0.39, 0.29) is 31.6 Å². The van der Waals surface area contributed by atoms with E-state index in [1.807, 2.05) is 0 Å². The Bertz CT molecular complexity index is 719. The van der Waals surface area contributed by atoms with E-state index in [0.717, 1.165) is 6.42 Å². The van der Waals surface area contributed by atoms with Gasteiger partial charge < -0.3 is 0 Å². The summed E-state index contributed by atoms with van der Waals surface area (Å²) in [6.45, 7) is 4.80. The van der Waals surface area contributed by atoms with E-state index in [1.165, 1.54) is 22.3 Å². The maximum absolute atomic E-state index is 2.40. The second-order valence-electron chi connectivity index (χ2n) is 6.65. The van der Waals surface area contributed by atoms with Gasteiger partial charge >= 0.3 is 0 Å². The molecule has 0 N–H and O–H groups in total. The summed E-state index contributed by atoms with van der Waals surface area (Å²) in [6.07, 6.45) is 7.87. The van der Waals surface area contributed by atoms with Crippen molar-refractivity contribution in [2.24, 2.45) is 5.41 Å². The number of benzene rings is 2. The van der Waals surface area contributed by atoms with Gasteiger partial charge in [-0.05, 0) is 34.1 Å². The van der Waals surface area contributed by atoms with Gasteiger partial charge in [-0.3, -0.25) is 0 Å². The molecule has 0 saturated heterocycles. The van der Waals surface area contributed by atoms with Crippen LogP contribution in [0.4, 0.5) is 0 Å². The SMILES string of the molecule is CC(C)(C1=CC=CC1)C1c2ccccc2-c2ccccc21.[Zr]. The van der Waals surface area contributed by atoms with E-state index in [0.29, 0.717) is 5.92 Å². The molecule has 0 radical (unpaired) electrons. The molecule has 0 amide bonds. The maximum atomic E-state index is 2.40. The fraction of sp³-hybridized carbons (Fsp3) is 0.238. The predicted molar refractivity (Wildman–Crippen MR) is 89.3 cm³/mol. The average molecular weight is 364 g/mol. The van der Waals surface area contributed by atoms with E-state index in [4.69, 9.17) is 0 Å². The van der Waals surface area contributed by atoms with Crippen LogP contribution in [0.15, 0.2) is 72.3 Å². The number of hydrogen-bond acceptors (Lipinski definition) is 0. The van der Waals surface area contributed by atoms with Crippen molar-refractivity contribution < 1.29 is 26.2 Å². The summed E-state index contributed by atoms with van der Waals surface area (Å²) < 4.78 is 0. The zero-order valence-corrected chi connectivity index (χ0v) is 15.6. The van der Waals surface area contributed by atoms with Crippen molar-refractivity contribution in [1.82, 2.24) is 0 Å². The molecular weight excluding hydrogens is 343 g/mol. The molecular formula is C21H20Zr. The molecule has 0 unspecified atom stereocenters. The first-order chi connectivity index (χ1) is 10.2. The summed E-state index contributed by atoms with van der Waals surface area (Å²) in [4.78, 5) is 0. The van der Waals surface area contributed by atoms with Crippen molar-refractivity contribution in [3.8, 4) is 11.1 Å². The van der Waals surface area contributed by atoms with Crippen molar-refractivity contribution in [3.05, 3.63) is 83.5 Å². The van der Waals surface area contributed by atoms with E-state index < -0.39 is 0 Å². The smallest absolute Gasteiger partial charge is 0.0190 e. The molecule has 2 aliphatic carbocycles. The normalized spacial score (nSPS) is 16.0. The molecule has 1 heteroatoms. The van der Waals surface area contributed by atoms with Crippen LogP contribution in [0.5, 0.6) is 0 Å². The van der Waals surface area contributed by atoms with Crippen LogP contribution in [0.2, 0.25) is 0 Å². The van der Waals surface area contributed by atoms with Crippen molar-refractivity contribution in [2.45, 2.75) is 26.2 Å². The van der Waals surface area contributed by atoms with E-state index >= 15 is 0 Å². The average Bonchev–Trinajstić information content (AvgIpc) is 3.14. The third-order valence-corrected chi connectivity index (χ3v) is 5.15. The summed E-state index contributed by atoms with van der Waals surface area (Å²) in [6, 6.07) is 17.8. The number of rotatable bonds is 2. The van der Waals surface area contributed by atoms with Crippen LogP contribution in [0.1, 0.15) is 37.3 Å². The van der Waals surface area contributed by atoms with Crippen LogP contribution in [0, 0.1) is 5.41 Å². The zero-order valence-electron chi connectivity index (χ0n) is 13.1. The van der Waals surface area contributed by atoms with Crippen LogP contribution in [-0.2, 0) is 26.2 Å². The Kier molecular flexibility index (Phi) is 4.12. The Hall–Kier alpha value is -1.20. The van der Waals surface area contributed by atoms with Gasteiger partial charge in [-0.1, -0.05) is 86.2 Å². The molecule has 0 saturated carbocycles. The van der Waals surface area contributed by atoms with Crippen molar-refractivity contribution >= 4 is 0 Å². The Labute approximate surface area is 152 Å². The number of fused-ring (bicyclic) bond motifs is 3. The van der Waals surface area contributed by atoms with Crippen molar-refractivity contribution in [2.75, 3.05) is 0 Å². The standard InChI is InChI=1S/C21H20.Zr/c1-21(2,15-9-3-4-10-15)20-18-13-7-5-11-16(18)17-12-6-8-14-19(17)20;/h3-9,11-14,20H,10H2,1-2H3;. The summed E-state index contributed by atoms with van der Waals surface area (Å²) in [5.74, 6) is 0.455. The van der Waals surface area contributed by atoms with Crippen molar-refractivity contribution in [1.29, 1.82) is 0 Å². The minimum absolute atomic E-state index is 0. The summed E-state index contributed by atoms with van der Waals surface area (Å²) >= 11 is 0. The Morgan fingerprint density at radius 3 is 1.91 bits per heavy atom. The monoisotopic (exact) mass is 362 g/mol. The van der Waals surface area contributed by atoms with Gasteiger partial charge in [-0.25, -0.2) is 0 Å². The number of allylic oxidation sites excluding steroid dienone is 4. The molecule has 0 heterocycles. The van der Waals surface area contributed by atoms with Crippen LogP contribution in [-0.4, -0.2) is 0 Å². The first-order valence-corrected chi connectivity index (χ1v) is 7.74. The summed E-state index contributed by atoms with van der Waals surface area (Å²) in [7, 11) is 0. The maximum Gasteiger partial charge on any atom is 0.0190 e. The Balaban J connectivity index is 0.00000144. The Morgan fingerprint density at radius 2 is 1.41 bits per heavy atom. The Morgan fingerprint density at radius 1 is 0.864 bits per heavy atom.